The van der Waals surface area contributed by atoms with Crippen LogP contribution in [0, 0.1) is 5.82 Å². The number of nitrogens with zero attached hydrogens (tertiary/aromatic N) is 3. The highest BCUT2D eigenvalue weighted by molar-refractivity contribution is 8.00. The highest BCUT2D eigenvalue weighted by atomic mass is 32.2. The Bertz CT molecular complexity index is 1280. The number of thiazole rings is 1. The average molecular weight is 513 g/mol. The Kier molecular flexibility index (Phi) is 6.66. The van der Waals surface area contributed by atoms with Crippen LogP contribution in [0.5, 0.6) is 5.75 Å². The van der Waals surface area contributed by atoms with Crippen molar-refractivity contribution in [2.24, 2.45) is 0 Å². The molecule has 3 heterocycles. The van der Waals surface area contributed by atoms with Crippen LogP contribution < -0.4 is 15.0 Å². The number of anilines is 1. The van der Waals surface area contributed by atoms with E-state index in [1.165, 1.54) is 17.4 Å². The number of benzene rings is 2. The molecular weight excluding hydrogens is 487 g/mol. The number of rotatable bonds is 6. The second kappa shape index (κ2) is 9.87. The van der Waals surface area contributed by atoms with Gasteiger partial charge >= 0.3 is 0 Å². The van der Waals surface area contributed by atoms with E-state index in [2.05, 4.69) is 10.3 Å². The molecule has 2 aliphatic rings. The van der Waals surface area contributed by atoms with Gasteiger partial charge in [0.15, 0.2) is 5.13 Å². The lowest BCUT2D eigenvalue weighted by atomic mass is 10.0. The molecule has 1 saturated heterocycles. The average Bonchev–Trinajstić information content (AvgIpc) is 3.61. The van der Waals surface area contributed by atoms with Crippen LogP contribution in [-0.4, -0.2) is 66.6 Å². The summed E-state index contributed by atoms with van der Waals surface area (Å²) in [6.07, 6.45) is 0.707. The van der Waals surface area contributed by atoms with E-state index in [1.54, 1.807) is 40.9 Å². The van der Waals surface area contributed by atoms with Crippen LogP contribution >= 0.6 is 23.1 Å². The van der Waals surface area contributed by atoms with Gasteiger partial charge in [-0.15, -0.1) is 11.8 Å². The van der Waals surface area contributed by atoms with Crippen molar-refractivity contribution in [2.45, 2.75) is 11.8 Å². The predicted molar refractivity (Wildman–Crippen MR) is 137 cm³/mol. The Morgan fingerprint density at radius 2 is 2.06 bits per heavy atom. The van der Waals surface area contributed by atoms with Crippen LogP contribution in [0.1, 0.15) is 26.4 Å². The predicted octanol–water partition coefficient (Wildman–Crippen LogP) is 3.90. The molecule has 5 rings (SSSR count). The lowest BCUT2D eigenvalue weighted by Crippen LogP contribution is -2.42. The molecule has 35 heavy (non-hydrogen) atoms. The highest BCUT2D eigenvalue weighted by Gasteiger charge is 2.34. The lowest BCUT2D eigenvalue weighted by Gasteiger charge is -2.24. The van der Waals surface area contributed by atoms with E-state index < -0.39 is 5.82 Å². The molecule has 0 aliphatic carbocycles. The van der Waals surface area contributed by atoms with Crippen LogP contribution in [-0.2, 0) is 6.42 Å². The van der Waals surface area contributed by atoms with Crippen LogP contribution in [0.2, 0.25) is 0 Å². The van der Waals surface area contributed by atoms with Gasteiger partial charge in [-0.25, -0.2) is 9.37 Å². The van der Waals surface area contributed by atoms with Crippen LogP contribution in [0.25, 0.3) is 10.4 Å². The fourth-order valence-corrected chi connectivity index (χ4v) is 6.40. The zero-order chi connectivity index (χ0) is 24.5. The molecule has 0 bridgehead atoms. The third-order valence-electron chi connectivity index (χ3n) is 5.99. The smallest absolute Gasteiger partial charge is 0.275 e. The maximum atomic E-state index is 14.6. The summed E-state index contributed by atoms with van der Waals surface area (Å²) in [5, 5.41) is 3.38. The number of ether oxygens (including phenoxy) is 1. The van der Waals surface area contributed by atoms with Crippen molar-refractivity contribution < 1.29 is 18.7 Å². The SMILES string of the molecule is CN(C)c1nc(C(=O)N2CCSC2CNC(=O)c2cccc3c2CCO3)c(-c2ccccc2F)s1. The molecule has 3 aromatic rings. The second-order valence-electron chi connectivity index (χ2n) is 8.46. The number of thioether (sulfide) groups is 1. The number of carbonyl (C=O) groups is 2. The van der Waals surface area contributed by atoms with Crippen molar-refractivity contribution in [2.75, 3.05) is 44.4 Å². The van der Waals surface area contributed by atoms with E-state index >= 15 is 0 Å². The summed E-state index contributed by atoms with van der Waals surface area (Å²) in [4.78, 5) is 35.2. The van der Waals surface area contributed by atoms with E-state index in [4.69, 9.17) is 4.74 Å². The lowest BCUT2D eigenvalue weighted by molar-refractivity contribution is 0.0747. The molecule has 1 N–H and O–H groups in total. The first-order valence-electron chi connectivity index (χ1n) is 11.3. The Morgan fingerprint density at radius 1 is 1.23 bits per heavy atom. The second-order valence-corrected chi connectivity index (χ2v) is 10.7. The van der Waals surface area contributed by atoms with Gasteiger partial charge in [-0.2, -0.15) is 0 Å². The number of amides is 2. The molecule has 1 atom stereocenters. The summed E-state index contributed by atoms with van der Waals surface area (Å²) >= 11 is 2.90. The van der Waals surface area contributed by atoms with Crippen LogP contribution in [0.4, 0.5) is 9.52 Å². The van der Waals surface area contributed by atoms with Crippen molar-refractivity contribution in [3.63, 3.8) is 0 Å². The third kappa shape index (κ3) is 4.60. The molecule has 182 valence electrons. The van der Waals surface area contributed by atoms with E-state index in [0.29, 0.717) is 47.3 Å². The fraction of sp³-hybridized carbons (Fsp3) is 0.320. The third-order valence-corrected chi connectivity index (χ3v) is 8.48. The fourth-order valence-electron chi connectivity index (χ4n) is 4.24. The van der Waals surface area contributed by atoms with Gasteiger partial charge in [0, 0.05) is 56.0 Å². The van der Waals surface area contributed by atoms with Crippen molar-refractivity contribution in [3.8, 4) is 16.2 Å². The van der Waals surface area contributed by atoms with Gasteiger partial charge in [-0.3, -0.25) is 9.59 Å². The standard InChI is InChI=1S/C25H25FN4O3S2/c1-29(2)25-28-21(22(35-25)17-6-3-4-8-18(17)26)24(32)30-11-13-34-20(30)14-27-23(31)16-7-5-9-19-15(16)10-12-33-19/h3-9,20H,10-14H2,1-2H3,(H,27,31). The molecule has 2 aliphatic heterocycles. The minimum absolute atomic E-state index is 0.178. The Labute approximate surface area is 211 Å². The first kappa shape index (κ1) is 23.6. The minimum Gasteiger partial charge on any atom is -0.493 e. The summed E-state index contributed by atoms with van der Waals surface area (Å²) < 4.78 is 20.2. The van der Waals surface area contributed by atoms with Crippen molar-refractivity contribution in [1.82, 2.24) is 15.2 Å². The van der Waals surface area contributed by atoms with Gasteiger partial charge in [0.05, 0.1) is 16.9 Å². The normalized spacial score (nSPS) is 16.7. The van der Waals surface area contributed by atoms with Gasteiger partial charge in [0.25, 0.3) is 11.8 Å². The number of fused-ring (bicyclic) bond motifs is 1. The topological polar surface area (TPSA) is 74.8 Å². The van der Waals surface area contributed by atoms with Crippen molar-refractivity contribution >= 4 is 40.0 Å². The summed E-state index contributed by atoms with van der Waals surface area (Å²) in [5.41, 5.74) is 2.13. The molecule has 0 saturated carbocycles. The van der Waals surface area contributed by atoms with Crippen LogP contribution in [0.15, 0.2) is 42.5 Å². The molecule has 10 heteroatoms. The Morgan fingerprint density at radius 3 is 2.86 bits per heavy atom. The first-order chi connectivity index (χ1) is 16.9. The Balaban J connectivity index is 1.36. The summed E-state index contributed by atoms with van der Waals surface area (Å²) in [7, 11) is 3.68. The number of nitrogens with one attached hydrogen (secondary N) is 1. The summed E-state index contributed by atoms with van der Waals surface area (Å²) in [6, 6.07) is 11.9. The van der Waals surface area contributed by atoms with Gasteiger partial charge in [0.2, 0.25) is 0 Å². The molecular formula is C25H25FN4O3S2. The minimum atomic E-state index is -0.394. The Hall–Kier alpha value is -3.11. The summed E-state index contributed by atoms with van der Waals surface area (Å²) in [5.74, 6) is 0.675. The zero-order valence-electron chi connectivity index (χ0n) is 19.4. The number of hydrogen-bond donors (Lipinski definition) is 1. The number of aromatic nitrogens is 1. The number of hydrogen-bond acceptors (Lipinski definition) is 7. The number of halogens is 1. The van der Waals surface area contributed by atoms with E-state index in [0.717, 1.165) is 17.1 Å². The van der Waals surface area contributed by atoms with Crippen LogP contribution in [0.3, 0.4) is 0 Å². The molecule has 2 amide bonds. The molecule has 0 radical (unpaired) electrons. The quantitative estimate of drug-likeness (QED) is 0.540. The molecule has 1 fully saturated rings. The maximum absolute atomic E-state index is 14.6. The molecule has 0 spiro atoms. The molecule has 1 unspecified atom stereocenters. The maximum Gasteiger partial charge on any atom is 0.275 e. The largest absolute Gasteiger partial charge is 0.493 e. The molecule has 7 nitrogen and oxygen atoms in total. The van der Waals surface area contributed by atoms with Gasteiger partial charge in [0.1, 0.15) is 17.3 Å². The van der Waals surface area contributed by atoms with E-state index in [1.807, 2.05) is 31.1 Å². The van der Waals surface area contributed by atoms with Crippen molar-refractivity contribution in [3.05, 3.63) is 65.1 Å². The van der Waals surface area contributed by atoms with E-state index in [9.17, 15) is 14.0 Å². The summed E-state index contributed by atoms with van der Waals surface area (Å²) in [6.45, 7) is 1.41. The monoisotopic (exact) mass is 512 g/mol. The zero-order valence-corrected chi connectivity index (χ0v) is 21.0. The van der Waals surface area contributed by atoms with E-state index in [-0.39, 0.29) is 22.9 Å². The number of carbonyl (C=O) groups excluding carboxylic acids is 2. The first-order valence-corrected chi connectivity index (χ1v) is 13.2. The van der Waals surface area contributed by atoms with Gasteiger partial charge in [-0.1, -0.05) is 35.6 Å². The molecule has 1 aromatic heterocycles. The molecule has 2 aromatic carbocycles. The highest BCUT2D eigenvalue weighted by Crippen LogP contribution is 2.37. The van der Waals surface area contributed by atoms with Gasteiger partial charge in [-0.05, 0) is 18.2 Å². The van der Waals surface area contributed by atoms with Gasteiger partial charge < -0.3 is 19.9 Å². The van der Waals surface area contributed by atoms with Crippen molar-refractivity contribution in [1.29, 1.82) is 0 Å².